The first-order valence-corrected chi connectivity index (χ1v) is 22.0. The van der Waals surface area contributed by atoms with Crippen LogP contribution < -0.4 is 36.0 Å². The van der Waals surface area contributed by atoms with Gasteiger partial charge in [0.25, 0.3) is 17.4 Å². The highest BCUT2D eigenvalue weighted by Gasteiger charge is 2.47. The van der Waals surface area contributed by atoms with Crippen molar-refractivity contribution in [3.8, 4) is 5.75 Å². The molecule has 6 heterocycles. The van der Waals surface area contributed by atoms with Crippen LogP contribution in [0.2, 0.25) is 5.02 Å². The number of nitrogens with one attached hydrogen (secondary N) is 3. The maximum Gasteiger partial charge on any atom is 0.293 e. The Bertz CT molecular complexity index is 2490. The lowest BCUT2D eigenvalue weighted by Crippen LogP contribution is -2.52. The minimum Gasteiger partial charge on any atom is -0.478 e. The Hall–Kier alpha value is -5.74. The Morgan fingerprint density at radius 3 is 2.47 bits per heavy atom. The van der Waals surface area contributed by atoms with Gasteiger partial charge < -0.3 is 39.4 Å². The average molecular weight is 866 g/mol. The fraction of sp³-hybridized carbons (Fsp3) is 0.489. The van der Waals surface area contributed by atoms with Crippen LogP contribution in [0.5, 0.6) is 5.75 Å². The molecule has 3 saturated heterocycles. The van der Waals surface area contributed by atoms with Gasteiger partial charge in [0.05, 0.1) is 23.9 Å². The first-order valence-electron chi connectivity index (χ1n) is 21.6. The molecule has 17 heteroatoms. The fourth-order valence-corrected chi connectivity index (χ4v) is 9.97. The predicted octanol–water partition coefficient (Wildman–Crippen LogP) is 5.09. The van der Waals surface area contributed by atoms with E-state index in [9.17, 15) is 24.0 Å². The van der Waals surface area contributed by atoms with E-state index in [0.717, 1.165) is 86.9 Å². The second-order valence-corrected chi connectivity index (χ2v) is 18.0. The lowest BCUT2D eigenvalue weighted by Gasteiger charge is -2.53. The average Bonchev–Trinajstić information content (AvgIpc) is 3.58. The van der Waals surface area contributed by atoms with E-state index in [1.807, 2.05) is 44.2 Å². The maximum atomic E-state index is 13.2. The number of carbonyl (C=O) groups is 4. The number of amides is 4. The van der Waals surface area contributed by atoms with Crippen molar-refractivity contribution in [1.29, 1.82) is 0 Å². The van der Waals surface area contributed by atoms with Crippen LogP contribution in [-0.4, -0.2) is 101 Å². The smallest absolute Gasteiger partial charge is 0.293 e. The Labute approximate surface area is 364 Å². The summed E-state index contributed by atoms with van der Waals surface area (Å²) in [6.45, 7) is 7.39. The van der Waals surface area contributed by atoms with Crippen molar-refractivity contribution in [1.82, 2.24) is 30.1 Å². The van der Waals surface area contributed by atoms with E-state index in [0.29, 0.717) is 46.4 Å². The van der Waals surface area contributed by atoms with Crippen LogP contribution in [0.4, 0.5) is 23.1 Å². The normalized spacial score (nSPS) is 20.4. The Balaban J connectivity index is 0.759. The summed E-state index contributed by atoms with van der Waals surface area (Å²) in [5, 5.41) is 9.35. The van der Waals surface area contributed by atoms with Gasteiger partial charge in [-0.25, -0.2) is 4.98 Å². The monoisotopic (exact) mass is 865 g/mol. The number of likely N-dealkylation sites (N-methyl/N-ethyl adjacent to an activating group) is 1. The molecule has 2 aromatic heterocycles. The number of ether oxygens (including phenoxy) is 2. The maximum absolute atomic E-state index is 13.2. The number of aromatic nitrogens is 3. The summed E-state index contributed by atoms with van der Waals surface area (Å²) in [4.78, 5) is 78.0. The van der Waals surface area contributed by atoms with Crippen molar-refractivity contribution in [3.63, 3.8) is 0 Å². The van der Waals surface area contributed by atoms with Crippen LogP contribution in [0.1, 0.15) is 87.2 Å². The molecule has 1 unspecified atom stereocenters. The molecule has 2 aromatic carbocycles. The standard InChI is InChI=1S/C45H52ClN9O7/c1-26(2)55-35-7-4-29(18-27(35)20-37(43(55)60)61-25-39(57)47-3)49-40-34(46)23-48-44(51-40)53-14-10-31(11-15-53)62-32-21-45(22-32)12-16-52(17-13-45)30-5-6-33-28(19-30)24-54(42(33)59)36-8-9-38(56)50-41(36)58/h4-7,18-20,23,26,31-32,36H,8-17,21-22,24-25H2,1-3H3,(H,47,57)(H,48,49,51)(H,50,56,58). The van der Waals surface area contributed by atoms with E-state index in [1.165, 1.54) is 7.05 Å². The summed E-state index contributed by atoms with van der Waals surface area (Å²) in [7, 11) is 1.51. The van der Waals surface area contributed by atoms with Gasteiger partial charge in [-0.2, -0.15) is 4.98 Å². The summed E-state index contributed by atoms with van der Waals surface area (Å²) in [5.41, 5.74) is 4.14. The van der Waals surface area contributed by atoms with Crippen LogP contribution in [0.25, 0.3) is 10.9 Å². The zero-order chi connectivity index (χ0) is 43.3. The molecule has 62 heavy (non-hydrogen) atoms. The third-order valence-electron chi connectivity index (χ3n) is 13.3. The summed E-state index contributed by atoms with van der Waals surface area (Å²) < 4.78 is 13.9. The van der Waals surface area contributed by atoms with Crippen molar-refractivity contribution >= 4 is 69.3 Å². The van der Waals surface area contributed by atoms with Crippen LogP contribution >= 0.6 is 11.6 Å². The number of anilines is 4. The quantitative estimate of drug-likeness (QED) is 0.170. The molecule has 1 saturated carbocycles. The molecule has 4 amide bonds. The molecule has 3 N–H and O–H groups in total. The molecule has 1 atom stereocenters. The second-order valence-electron chi connectivity index (χ2n) is 17.6. The van der Waals surface area contributed by atoms with E-state index in [-0.39, 0.29) is 66.2 Å². The van der Waals surface area contributed by atoms with Crippen LogP contribution in [-0.2, 0) is 25.7 Å². The lowest BCUT2D eigenvalue weighted by molar-refractivity contribution is -0.137. The van der Waals surface area contributed by atoms with Crippen molar-refractivity contribution in [2.75, 3.05) is 55.0 Å². The summed E-state index contributed by atoms with van der Waals surface area (Å²) >= 11 is 6.60. The highest BCUT2D eigenvalue weighted by Crippen LogP contribution is 2.51. The van der Waals surface area contributed by atoms with Crippen LogP contribution in [0, 0.1) is 5.41 Å². The fourth-order valence-electron chi connectivity index (χ4n) is 9.84. The number of imide groups is 1. The molecule has 326 valence electrons. The zero-order valence-corrected chi connectivity index (χ0v) is 36.0. The van der Waals surface area contributed by atoms with Gasteiger partial charge in [0.1, 0.15) is 11.1 Å². The van der Waals surface area contributed by atoms with Crippen LogP contribution in [0.15, 0.2) is 53.5 Å². The summed E-state index contributed by atoms with van der Waals surface area (Å²) in [6.07, 6.45) is 8.75. The molecule has 0 bridgehead atoms. The van der Waals surface area contributed by atoms with Crippen molar-refractivity contribution in [3.05, 3.63) is 75.2 Å². The van der Waals surface area contributed by atoms with Gasteiger partial charge in [0.2, 0.25) is 17.8 Å². The van der Waals surface area contributed by atoms with Gasteiger partial charge in [0, 0.05) is 74.6 Å². The SMILES string of the molecule is CNC(=O)COc1cc2cc(Nc3nc(N4CCC(OC5CC6(CCN(c7ccc8c(c7)CN(C7CCC(=O)NC7=O)C8=O)CC6)C5)CC4)ncc3Cl)ccc2n(C(C)C)c1=O. The number of carbonyl (C=O) groups excluding carboxylic acids is 4. The summed E-state index contributed by atoms with van der Waals surface area (Å²) in [6, 6.07) is 12.6. The molecule has 1 aliphatic carbocycles. The first-order chi connectivity index (χ1) is 29.9. The lowest BCUT2D eigenvalue weighted by atomic mass is 9.61. The third kappa shape index (κ3) is 8.17. The largest absolute Gasteiger partial charge is 0.478 e. The Morgan fingerprint density at radius 2 is 1.74 bits per heavy atom. The Kier molecular flexibility index (Phi) is 11.3. The molecular formula is C45H52ClN9O7. The number of benzene rings is 2. The number of hydrogen-bond donors (Lipinski definition) is 3. The topological polar surface area (TPSA) is 180 Å². The van der Waals surface area contributed by atoms with Crippen molar-refractivity contribution < 1.29 is 28.7 Å². The number of fused-ring (bicyclic) bond motifs is 2. The van der Waals surface area contributed by atoms with Gasteiger partial charge >= 0.3 is 0 Å². The number of hydrogen-bond acceptors (Lipinski definition) is 12. The van der Waals surface area contributed by atoms with Gasteiger partial charge in [-0.15, -0.1) is 0 Å². The predicted molar refractivity (Wildman–Crippen MR) is 234 cm³/mol. The molecule has 4 fully saturated rings. The summed E-state index contributed by atoms with van der Waals surface area (Å²) in [5.74, 6) is 0.000853. The number of piperidine rings is 3. The number of rotatable bonds is 11. The number of halogens is 1. The molecule has 4 aliphatic heterocycles. The highest BCUT2D eigenvalue weighted by atomic mass is 35.5. The molecule has 5 aliphatic rings. The number of nitrogens with zero attached hydrogens (tertiary/aromatic N) is 6. The minimum absolute atomic E-state index is 0.0938. The second kappa shape index (κ2) is 16.9. The molecule has 9 rings (SSSR count). The Morgan fingerprint density at radius 1 is 0.968 bits per heavy atom. The third-order valence-corrected chi connectivity index (χ3v) is 13.6. The van der Waals surface area contributed by atoms with E-state index in [2.05, 4.69) is 36.8 Å². The van der Waals surface area contributed by atoms with E-state index >= 15 is 0 Å². The van der Waals surface area contributed by atoms with Gasteiger partial charge in [-0.05, 0) is 112 Å². The van der Waals surface area contributed by atoms with Crippen molar-refractivity contribution in [2.45, 2.75) is 96.1 Å². The molecule has 16 nitrogen and oxygen atoms in total. The zero-order valence-electron chi connectivity index (χ0n) is 35.2. The minimum atomic E-state index is -0.610. The van der Waals surface area contributed by atoms with E-state index in [4.69, 9.17) is 26.1 Å². The van der Waals surface area contributed by atoms with Gasteiger partial charge in [0.15, 0.2) is 18.2 Å². The number of pyridine rings is 1. The molecule has 1 spiro atoms. The molecule has 0 radical (unpaired) electrons. The molecule has 4 aromatic rings. The first kappa shape index (κ1) is 41.6. The van der Waals surface area contributed by atoms with Gasteiger partial charge in [-0.1, -0.05) is 11.6 Å². The van der Waals surface area contributed by atoms with Crippen molar-refractivity contribution in [2.24, 2.45) is 5.41 Å². The molecular weight excluding hydrogens is 814 g/mol. The van der Waals surface area contributed by atoms with Gasteiger partial charge in [-0.3, -0.25) is 29.3 Å². The highest BCUT2D eigenvalue weighted by molar-refractivity contribution is 6.33. The van der Waals surface area contributed by atoms with E-state index < -0.39 is 6.04 Å². The van der Waals surface area contributed by atoms with E-state index in [1.54, 1.807) is 21.7 Å². The van der Waals surface area contributed by atoms with Crippen LogP contribution in [0.3, 0.4) is 0 Å².